The van der Waals surface area contributed by atoms with E-state index in [1.54, 1.807) is 0 Å². The van der Waals surface area contributed by atoms with Crippen LogP contribution in [-0.2, 0) is 14.3 Å². The van der Waals surface area contributed by atoms with Crippen molar-refractivity contribution in [3.05, 3.63) is 12.7 Å². The standard InChI is InChI=1S/C9H14N2O3/c1-2-8(12)11-6-14-9(13)7-4-3-5-10-7/h2,7,10H,1,3-6H2,(H,11,12)/t7-/m0/s1. The van der Waals surface area contributed by atoms with E-state index in [0.29, 0.717) is 0 Å². The summed E-state index contributed by atoms with van der Waals surface area (Å²) >= 11 is 0. The van der Waals surface area contributed by atoms with Crippen LogP contribution in [0, 0.1) is 0 Å². The molecule has 1 aliphatic rings. The average molecular weight is 198 g/mol. The first-order valence-electron chi connectivity index (χ1n) is 4.54. The molecule has 1 heterocycles. The van der Waals surface area contributed by atoms with Crippen molar-refractivity contribution in [3.63, 3.8) is 0 Å². The lowest BCUT2D eigenvalue weighted by Crippen LogP contribution is -2.35. The second-order valence-electron chi connectivity index (χ2n) is 3.00. The van der Waals surface area contributed by atoms with E-state index in [-0.39, 0.29) is 24.6 Å². The molecule has 0 aromatic rings. The predicted molar refractivity (Wildman–Crippen MR) is 50.3 cm³/mol. The van der Waals surface area contributed by atoms with Crippen LogP contribution >= 0.6 is 0 Å². The Balaban J connectivity index is 2.14. The lowest BCUT2D eigenvalue weighted by molar-refractivity contribution is -0.147. The highest BCUT2D eigenvalue weighted by molar-refractivity contribution is 5.86. The number of carbonyl (C=O) groups is 2. The fraction of sp³-hybridized carbons (Fsp3) is 0.556. The van der Waals surface area contributed by atoms with Gasteiger partial charge in [-0.05, 0) is 25.5 Å². The zero-order valence-electron chi connectivity index (χ0n) is 7.91. The van der Waals surface area contributed by atoms with E-state index in [9.17, 15) is 9.59 Å². The number of esters is 1. The van der Waals surface area contributed by atoms with Gasteiger partial charge >= 0.3 is 5.97 Å². The third-order valence-electron chi connectivity index (χ3n) is 1.99. The summed E-state index contributed by atoms with van der Waals surface area (Å²) in [7, 11) is 0. The molecule has 1 fully saturated rings. The minimum absolute atomic E-state index is 0.0954. The van der Waals surface area contributed by atoms with Crippen LogP contribution in [0.5, 0.6) is 0 Å². The maximum absolute atomic E-state index is 11.3. The van der Waals surface area contributed by atoms with Crippen LogP contribution in [0.3, 0.4) is 0 Å². The Hall–Kier alpha value is -1.36. The summed E-state index contributed by atoms with van der Waals surface area (Å²) < 4.78 is 4.82. The van der Waals surface area contributed by atoms with Crippen LogP contribution in [0.1, 0.15) is 12.8 Å². The van der Waals surface area contributed by atoms with Crippen LogP contribution in [0.15, 0.2) is 12.7 Å². The first kappa shape index (κ1) is 10.7. The van der Waals surface area contributed by atoms with Gasteiger partial charge < -0.3 is 15.4 Å². The van der Waals surface area contributed by atoms with E-state index in [0.717, 1.165) is 25.5 Å². The van der Waals surface area contributed by atoms with Crippen molar-refractivity contribution in [1.29, 1.82) is 0 Å². The molecule has 1 aliphatic heterocycles. The van der Waals surface area contributed by atoms with Gasteiger partial charge in [-0.25, -0.2) is 0 Å². The molecule has 1 amide bonds. The Bertz CT molecular complexity index is 234. The molecule has 0 radical (unpaired) electrons. The summed E-state index contributed by atoms with van der Waals surface area (Å²) in [6.45, 7) is 4.02. The van der Waals surface area contributed by atoms with E-state index in [1.165, 1.54) is 0 Å². The molecule has 5 nitrogen and oxygen atoms in total. The molecule has 1 rings (SSSR count). The summed E-state index contributed by atoms with van der Waals surface area (Å²) in [6.07, 6.45) is 2.91. The molecule has 14 heavy (non-hydrogen) atoms. The zero-order valence-corrected chi connectivity index (χ0v) is 7.91. The zero-order chi connectivity index (χ0) is 10.4. The Morgan fingerprint density at radius 2 is 2.43 bits per heavy atom. The maximum atomic E-state index is 11.3. The first-order valence-corrected chi connectivity index (χ1v) is 4.54. The van der Waals surface area contributed by atoms with E-state index >= 15 is 0 Å². The van der Waals surface area contributed by atoms with Gasteiger partial charge in [-0.2, -0.15) is 0 Å². The van der Waals surface area contributed by atoms with Crippen molar-refractivity contribution in [2.24, 2.45) is 0 Å². The van der Waals surface area contributed by atoms with Crippen molar-refractivity contribution in [1.82, 2.24) is 10.6 Å². The smallest absolute Gasteiger partial charge is 0.324 e. The highest BCUT2D eigenvalue weighted by Crippen LogP contribution is 2.05. The minimum Gasteiger partial charge on any atom is -0.443 e. The molecule has 0 spiro atoms. The predicted octanol–water partition coefficient (Wildman–Crippen LogP) is -0.459. The molecule has 0 aromatic carbocycles. The summed E-state index contributed by atoms with van der Waals surface area (Å²) in [6, 6.07) is -0.212. The van der Waals surface area contributed by atoms with Gasteiger partial charge in [0, 0.05) is 0 Å². The second kappa shape index (κ2) is 5.39. The number of rotatable bonds is 4. The molecule has 0 bridgehead atoms. The van der Waals surface area contributed by atoms with Crippen LogP contribution < -0.4 is 10.6 Å². The number of nitrogens with one attached hydrogen (secondary N) is 2. The molecule has 78 valence electrons. The van der Waals surface area contributed by atoms with Gasteiger partial charge in [0.25, 0.3) is 0 Å². The molecule has 0 saturated carbocycles. The number of carbonyl (C=O) groups excluding carboxylic acids is 2. The van der Waals surface area contributed by atoms with Crippen molar-refractivity contribution in [3.8, 4) is 0 Å². The SMILES string of the molecule is C=CC(=O)NCOC(=O)[C@@H]1CCCN1. The lowest BCUT2D eigenvalue weighted by atomic mass is 10.2. The number of ether oxygens (including phenoxy) is 1. The van der Waals surface area contributed by atoms with Crippen LogP contribution in [0.4, 0.5) is 0 Å². The van der Waals surface area contributed by atoms with Gasteiger partial charge in [0.15, 0.2) is 6.73 Å². The van der Waals surface area contributed by atoms with Crippen molar-refractivity contribution in [2.75, 3.05) is 13.3 Å². The van der Waals surface area contributed by atoms with Crippen molar-refractivity contribution >= 4 is 11.9 Å². The Kier molecular flexibility index (Phi) is 4.12. The van der Waals surface area contributed by atoms with Gasteiger partial charge in [0.1, 0.15) is 6.04 Å². The molecule has 1 atom stereocenters. The quantitative estimate of drug-likeness (QED) is 0.364. The van der Waals surface area contributed by atoms with Crippen LogP contribution in [-0.4, -0.2) is 31.2 Å². The summed E-state index contributed by atoms with van der Waals surface area (Å²) in [5.74, 6) is -0.663. The largest absolute Gasteiger partial charge is 0.443 e. The summed E-state index contributed by atoms with van der Waals surface area (Å²) in [5.41, 5.74) is 0. The van der Waals surface area contributed by atoms with Crippen LogP contribution in [0.25, 0.3) is 0 Å². The molecule has 1 saturated heterocycles. The molecule has 5 heteroatoms. The summed E-state index contributed by atoms with van der Waals surface area (Å²) in [5, 5.41) is 5.36. The number of hydrogen-bond donors (Lipinski definition) is 2. The number of amides is 1. The monoisotopic (exact) mass is 198 g/mol. The van der Waals surface area contributed by atoms with Gasteiger partial charge in [-0.1, -0.05) is 6.58 Å². The van der Waals surface area contributed by atoms with Crippen molar-refractivity contribution in [2.45, 2.75) is 18.9 Å². The minimum atomic E-state index is -0.350. The third-order valence-corrected chi connectivity index (χ3v) is 1.99. The fourth-order valence-electron chi connectivity index (χ4n) is 1.24. The van der Waals surface area contributed by atoms with Crippen LogP contribution in [0.2, 0.25) is 0 Å². The Labute approximate surface area is 82.5 Å². The van der Waals surface area contributed by atoms with E-state index in [2.05, 4.69) is 17.2 Å². The maximum Gasteiger partial charge on any atom is 0.324 e. The fourth-order valence-corrected chi connectivity index (χ4v) is 1.24. The topological polar surface area (TPSA) is 67.4 Å². The normalized spacial score (nSPS) is 20.1. The molecule has 0 aliphatic carbocycles. The lowest BCUT2D eigenvalue weighted by Gasteiger charge is -2.09. The second-order valence-corrected chi connectivity index (χ2v) is 3.00. The average Bonchev–Trinajstić information content (AvgIpc) is 2.70. The highest BCUT2D eigenvalue weighted by Gasteiger charge is 2.23. The van der Waals surface area contributed by atoms with Gasteiger partial charge in [0.05, 0.1) is 0 Å². The molecule has 2 N–H and O–H groups in total. The van der Waals surface area contributed by atoms with Gasteiger partial charge in [-0.15, -0.1) is 0 Å². The summed E-state index contributed by atoms with van der Waals surface area (Å²) in [4.78, 5) is 21.9. The van der Waals surface area contributed by atoms with Gasteiger partial charge in [-0.3, -0.25) is 9.59 Å². The van der Waals surface area contributed by atoms with Gasteiger partial charge in [0.2, 0.25) is 5.91 Å². The highest BCUT2D eigenvalue weighted by atomic mass is 16.5. The third kappa shape index (κ3) is 3.18. The molecule has 0 unspecified atom stereocenters. The molecular weight excluding hydrogens is 184 g/mol. The molecular formula is C9H14N2O3. The van der Waals surface area contributed by atoms with E-state index < -0.39 is 0 Å². The Morgan fingerprint density at radius 3 is 3.00 bits per heavy atom. The molecule has 0 aromatic heterocycles. The van der Waals surface area contributed by atoms with E-state index in [4.69, 9.17) is 4.74 Å². The number of hydrogen-bond acceptors (Lipinski definition) is 4. The van der Waals surface area contributed by atoms with E-state index in [1.807, 2.05) is 0 Å². The Morgan fingerprint density at radius 1 is 1.64 bits per heavy atom. The van der Waals surface area contributed by atoms with Crippen molar-refractivity contribution < 1.29 is 14.3 Å². The first-order chi connectivity index (χ1) is 6.74.